The van der Waals surface area contributed by atoms with Crippen LogP contribution in [0.5, 0.6) is 0 Å². The summed E-state index contributed by atoms with van der Waals surface area (Å²) in [6.07, 6.45) is 12.4. The second-order valence-electron chi connectivity index (χ2n) is 4.97. The molecule has 1 aliphatic rings. The van der Waals surface area contributed by atoms with Crippen molar-refractivity contribution in [3.63, 3.8) is 0 Å². The fourth-order valence-corrected chi connectivity index (χ4v) is 2.18. The lowest BCUT2D eigenvalue weighted by atomic mass is 10.1. The Balaban J connectivity index is 1.78. The Labute approximate surface area is 101 Å². The molecule has 2 atom stereocenters. The number of ether oxygens (including phenoxy) is 2. The van der Waals surface area contributed by atoms with Gasteiger partial charge in [-0.05, 0) is 19.8 Å². The summed E-state index contributed by atoms with van der Waals surface area (Å²) in [6, 6.07) is 0. The van der Waals surface area contributed by atoms with E-state index in [0.29, 0.717) is 6.10 Å². The smallest absolute Gasteiger partial charge is 0.158 e. The van der Waals surface area contributed by atoms with E-state index in [4.69, 9.17) is 9.47 Å². The minimum atomic E-state index is 0.0927. The molecule has 16 heavy (non-hydrogen) atoms. The lowest BCUT2D eigenvalue weighted by Gasteiger charge is -2.09. The fraction of sp³-hybridized carbons (Fsp3) is 1.00. The van der Waals surface area contributed by atoms with Gasteiger partial charge in [0.05, 0.1) is 12.7 Å². The third-order valence-electron chi connectivity index (χ3n) is 3.19. The Morgan fingerprint density at radius 3 is 2.12 bits per heavy atom. The molecule has 0 N–H and O–H groups in total. The molecule has 0 aliphatic carbocycles. The van der Waals surface area contributed by atoms with E-state index in [2.05, 4.69) is 13.8 Å². The highest BCUT2D eigenvalue weighted by atomic mass is 16.7. The van der Waals surface area contributed by atoms with Crippen molar-refractivity contribution >= 4 is 0 Å². The topological polar surface area (TPSA) is 18.5 Å². The zero-order chi connectivity index (χ0) is 11.6. The van der Waals surface area contributed by atoms with Gasteiger partial charge < -0.3 is 9.47 Å². The standard InChI is InChI=1S/C14H28O2/c1-3-4-5-6-7-8-9-10-11-14-15-12-13(2)16-14/h13-14H,3-12H2,1-2H3/t13-,14-/m1/s1. The molecule has 96 valence electrons. The highest BCUT2D eigenvalue weighted by molar-refractivity contribution is 4.60. The molecule has 0 aromatic heterocycles. The van der Waals surface area contributed by atoms with Gasteiger partial charge in [0, 0.05) is 0 Å². The van der Waals surface area contributed by atoms with Crippen molar-refractivity contribution in [2.75, 3.05) is 6.61 Å². The van der Waals surface area contributed by atoms with E-state index in [1.807, 2.05) is 0 Å². The molecule has 0 radical (unpaired) electrons. The predicted octanol–water partition coefficient (Wildman–Crippen LogP) is 4.28. The second-order valence-corrected chi connectivity index (χ2v) is 4.97. The molecule has 0 amide bonds. The first kappa shape index (κ1) is 14.0. The lowest BCUT2D eigenvalue weighted by molar-refractivity contribution is -0.0604. The summed E-state index contributed by atoms with van der Waals surface area (Å²) in [4.78, 5) is 0. The van der Waals surface area contributed by atoms with E-state index >= 15 is 0 Å². The minimum Gasteiger partial charge on any atom is -0.350 e. The predicted molar refractivity (Wildman–Crippen MR) is 67.5 cm³/mol. The van der Waals surface area contributed by atoms with Crippen LogP contribution in [0, 0.1) is 0 Å². The zero-order valence-corrected chi connectivity index (χ0v) is 11.0. The maximum Gasteiger partial charge on any atom is 0.158 e. The van der Waals surface area contributed by atoms with E-state index < -0.39 is 0 Å². The SMILES string of the molecule is CCCCCCCCCC[C@@H]1OC[C@@H](C)O1. The Morgan fingerprint density at radius 1 is 0.938 bits per heavy atom. The molecule has 0 bridgehead atoms. The summed E-state index contributed by atoms with van der Waals surface area (Å²) in [5.74, 6) is 0. The van der Waals surface area contributed by atoms with Gasteiger partial charge in [0.25, 0.3) is 0 Å². The quantitative estimate of drug-likeness (QED) is 0.548. The van der Waals surface area contributed by atoms with Gasteiger partial charge in [-0.3, -0.25) is 0 Å². The molecular weight excluding hydrogens is 200 g/mol. The summed E-state index contributed by atoms with van der Waals surface area (Å²) in [5.41, 5.74) is 0. The van der Waals surface area contributed by atoms with Crippen LogP contribution in [0.2, 0.25) is 0 Å². The van der Waals surface area contributed by atoms with Gasteiger partial charge in [-0.2, -0.15) is 0 Å². The Kier molecular flexibility index (Phi) is 7.87. The van der Waals surface area contributed by atoms with Crippen LogP contribution in [0.1, 0.15) is 71.6 Å². The first-order valence-corrected chi connectivity index (χ1v) is 7.10. The second kappa shape index (κ2) is 9.00. The van der Waals surface area contributed by atoms with Crippen LogP contribution in [0.25, 0.3) is 0 Å². The van der Waals surface area contributed by atoms with Gasteiger partial charge in [-0.25, -0.2) is 0 Å². The third-order valence-corrected chi connectivity index (χ3v) is 3.19. The van der Waals surface area contributed by atoms with Crippen LogP contribution in [-0.4, -0.2) is 19.0 Å². The summed E-state index contributed by atoms with van der Waals surface area (Å²) in [6.45, 7) is 5.12. The van der Waals surface area contributed by atoms with E-state index in [-0.39, 0.29) is 6.29 Å². The van der Waals surface area contributed by atoms with Crippen molar-refractivity contribution in [3.05, 3.63) is 0 Å². The highest BCUT2D eigenvalue weighted by Crippen LogP contribution is 2.17. The van der Waals surface area contributed by atoms with Crippen molar-refractivity contribution in [2.45, 2.75) is 84.0 Å². The molecule has 1 rings (SSSR count). The molecule has 0 unspecified atom stereocenters. The normalized spacial score (nSPS) is 25.1. The Hall–Kier alpha value is -0.0800. The summed E-state index contributed by atoms with van der Waals surface area (Å²) >= 11 is 0. The Morgan fingerprint density at radius 2 is 1.56 bits per heavy atom. The van der Waals surface area contributed by atoms with Gasteiger partial charge in [-0.15, -0.1) is 0 Å². The van der Waals surface area contributed by atoms with Gasteiger partial charge in [-0.1, -0.05) is 51.9 Å². The first-order chi connectivity index (χ1) is 7.83. The van der Waals surface area contributed by atoms with Crippen LogP contribution in [0.15, 0.2) is 0 Å². The minimum absolute atomic E-state index is 0.0927. The number of hydrogen-bond donors (Lipinski definition) is 0. The molecule has 1 heterocycles. The molecule has 0 aromatic rings. The molecule has 0 aromatic carbocycles. The third kappa shape index (κ3) is 6.49. The molecule has 1 saturated heterocycles. The zero-order valence-electron chi connectivity index (χ0n) is 11.0. The van der Waals surface area contributed by atoms with Crippen LogP contribution < -0.4 is 0 Å². The van der Waals surface area contributed by atoms with Gasteiger partial charge in [0.1, 0.15) is 0 Å². The number of hydrogen-bond acceptors (Lipinski definition) is 2. The van der Waals surface area contributed by atoms with Crippen LogP contribution in [0.3, 0.4) is 0 Å². The van der Waals surface area contributed by atoms with Crippen molar-refractivity contribution in [3.8, 4) is 0 Å². The van der Waals surface area contributed by atoms with Crippen molar-refractivity contribution in [1.29, 1.82) is 0 Å². The van der Waals surface area contributed by atoms with Crippen molar-refractivity contribution in [1.82, 2.24) is 0 Å². The Bertz CT molecular complexity index is 159. The monoisotopic (exact) mass is 228 g/mol. The molecule has 0 spiro atoms. The molecular formula is C14H28O2. The fourth-order valence-electron chi connectivity index (χ4n) is 2.18. The van der Waals surface area contributed by atoms with Gasteiger partial charge in [0.15, 0.2) is 6.29 Å². The molecule has 1 aliphatic heterocycles. The largest absolute Gasteiger partial charge is 0.350 e. The summed E-state index contributed by atoms with van der Waals surface area (Å²) < 4.78 is 11.1. The highest BCUT2D eigenvalue weighted by Gasteiger charge is 2.21. The number of rotatable bonds is 9. The van der Waals surface area contributed by atoms with Gasteiger partial charge in [0.2, 0.25) is 0 Å². The maximum absolute atomic E-state index is 5.60. The molecule has 2 heteroatoms. The van der Waals surface area contributed by atoms with Crippen LogP contribution in [0.4, 0.5) is 0 Å². The van der Waals surface area contributed by atoms with Crippen molar-refractivity contribution in [2.24, 2.45) is 0 Å². The van der Waals surface area contributed by atoms with Crippen molar-refractivity contribution < 1.29 is 9.47 Å². The van der Waals surface area contributed by atoms with E-state index in [0.717, 1.165) is 13.0 Å². The average molecular weight is 228 g/mol. The molecule has 1 fully saturated rings. The van der Waals surface area contributed by atoms with Gasteiger partial charge >= 0.3 is 0 Å². The summed E-state index contributed by atoms with van der Waals surface area (Å²) in [7, 11) is 0. The summed E-state index contributed by atoms with van der Waals surface area (Å²) in [5, 5.41) is 0. The van der Waals surface area contributed by atoms with Crippen LogP contribution >= 0.6 is 0 Å². The van der Waals surface area contributed by atoms with E-state index in [1.54, 1.807) is 0 Å². The molecule has 2 nitrogen and oxygen atoms in total. The molecule has 0 saturated carbocycles. The average Bonchev–Trinajstić information content (AvgIpc) is 2.68. The maximum atomic E-state index is 5.60. The lowest BCUT2D eigenvalue weighted by Crippen LogP contribution is -2.08. The first-order valence-electron chi connectivity index (χ1n) is 7.10. The van der Waals surface area contributed by atoms with E-state index in [1.165, 1.54) is 51.4 Å². The van der Waals surface area contributed by atoms with Crippen LogP contribution in [-0.2, 0) is 9.47 Å². The van der Waals surface area contributed by atoms with E-state index in [9.17, 15) is 0 Å². The number of unbranched alkanes of at least 4 members (excludes halogenated alkanes) is 7.